The Morgan fingerprint density at radius 1 is 1.33 bits per heavy atom. The summed E-state index contributed by atoms with van der Waals surface area (Å²) in [6, 6.07) is 7.24. The summed E-state index contributed by atoms with van der Waals surface area (Å²) < 4.78 is 0. The van der Waals surface area contributed by atoms with Crippen molar-refractivity contribution in [2.45, 2.75) is 33.4 Å². The third-order valence-electron chi connectivity index (χ3n) is 2.90. The summed E-state index contributed by atoms with van der Waals surface area (Å²) in [5.41, 5.74) is 4.16. The van der Waals surface area contributed by atoms with Crippen LogP contribution in [-0.4, -0.2) is 23.3 Å². The summed E-state index contributed by atoms with van der Waals surface area (Å²) in [4.78, 5) is 2.37. The average Bonchev–Trinajstić information content (AvgIpc) is 2.22. The van der Waals surface area contributed by atoms with Crippen LogP contribution in [0.1, 0.15) is 23.6 Å². The van der Waals surface area contributed by atoms with Gasteiger partial charge in [-0.15, -0.1) is 0 Å². The maximum Gasteiger partial charge on any atom is 0.0236 e. The molecule has 15 heavy (non-hydrogen) atoms. The Bertz CT molecular complexity index is 322. The fraction of sp³-hybridized carbons (Fsp3) is 0.538. The normalized spacial score (nSPS) is 13.2. The predicted molar refractivity (Wildman–Crippen MR) is 70.6 cm³/mol. The van der Waals surface area contributed by atoms with Gasteiger partial charge in [0.05, 0.1) is 0 Å². The zero-order valence-corrected chi connectivity index (χ0v) is 11.6. The molecule has 0 saturated carbocycles. The van der Waals surface area contributed by atoms with Crippen LogP contribution in [0.25, 0.3) is 0 Å². The van der Waals surface area contributed by atoms with E-state index in [4.69, 9.17) is 0 Å². The first kappa shape index (κ1) is 12.7. The molecule has 0 aliphatic carbocycles. The molecule has 0 fully saturated rings. The van der Waals surface area contributed by atoms with Crippen molar-refractivity contribution in [1.29, 1.82) is 0 Å². The third-order valence-corrected chi connectivity index (χ3v) is 3.84. The largest absolute Gasteiger partial charge is 0.299 e. The van der Waals surface area contributed by atoms with E-state index in [1.165, 1.54) is 16.7 Å². The van der Waals surface area contributed by atoms with E-state index in [1.807, 2.05) is 0 Å². The van der Waals surface area contributed by atoms with Gasteiger partial charge in [-0.2, -0.15) is 0 Å². The topological polar surface area (TPSA) is 3.24 Å². The minimum atomic E-state index is 0.574. The summed E-state index contributed by atoms with van der Waals surface area (Å²) in [7, 11) is 2.17. The molecule has 1 aromatic rings. The van der Waals surface area contributed by atoms with E-state index in [-0.39, 0.29) is 0 Å². The van der Waals surface area contributed by atoms with E-state index in [0.29, 0.717) is 6.04 Å². The van der Waals surface area contributed by atoms with Gasteiger partial charge in [0.1, 0.15) is 0 Å². The van der Waals surface area contributed by atoms with Gasteiger partial charge in [0, 0.05) is 17.9 Å². The molecular weight excluding hydrogens is 250 g/mol. The molecule has 84 valence electrons. The number of hydrogen-bond donors (Lipinski definition) is 0. The van der Waals surface area contributed by atoms with Crippen LogP contribution in [0.4, 0.5) is 0 Å². The summed E-state index contributed by atoms with van der Waals surface area (Å²) in [5.74, 6) is 0. The molecule has 0 aromatic heterocycles. The molecule has 1 aromatic carbocycles. The number of hydrogen-bond acceptors (Lipinski definition) is 1. The lowest BCUT2D eigenvalue weighted by molar-refractivity contribution is 0.270. The third kappa shape index (κ3) is 3.62. The van der Waals surface area contributed by atoms with Gasteiger partial charge in [0.25, 0.3) is 0 Å². The van der Waals surface area contributed by atoms with Gasteiger partial charge >= 0.3 is 0 Å². The van der Waals surface area contributed by atoms with Crippen molar-refractivity contribution in [1.82, 2.24) is 4.90 Å². The van der Waals surface area contributed by atoms with Crippen molar-refractivity contribution in [2.24, 2.45) is 0 Å². The first-order valence-corrected chi connectivity index (χ1v) is 6.49. The van der Waals surface area contributed by atoms with Crippen LogP contribution in [0, 0.1) is 13.8 Å². The first-order chi connectivity index (χ1) is 7.04. The fourth-order valence-corrected chi connectivity index (χ4v) is 2.01. The second-order valence-electron chi connectivity index (χ2n) is 4.35. The smallest absolute Gasteiger partial charge is 0.0236 e. The Morgan fingerprint density at radius 2 is 2.00 bits per heavy atom. The van der Waals surface area contributed by atoms with Gasteiger partial charge in [0.15, 0.2) is 0 Å². The highest BCUT2D eigenvalue weighted by molar-refractivity contribution is 9.09. The summed E-state index contributed by atoms with van der Waals surface area (Å²) in [6.07, 6.45) is 0. The van der Waals surface area contributed by atoms with Crippen molar-refractivity contribution in [3.8, 4) is 0 Å². The molecule has 0 N–H and O–H groups in total. The van der Waals surface area contributed by atoms with Crippen molar-refractivity contribution >= 4 is 15.9 Å². The van der Waals surface area contributed by atoms with Crippen LogP contribution in [0.2, 0.25) is 0 Å². The Balaban J connectivity index is 2.75. The van der Waals surface area contributed by atoms with Crippen molar-refractivity contribution in [3.05, 3.63) is 34.9 Å². The van der Waals surface area contributed by atoms with Gasteiger partial charge in [0.2, 0.25) is 0 Å². The van der Waals surface area contributed by atoms with Gasteiger partial charge in [-0.25, -0.2) is 0 Å². The molecule has 1 rings (SSSR count). The van der Waals surface area contributed by atoms with Gasteiger partial charge in [-0.1, -0.05) is 39.7 Å². The number of rotatable bonds is 4. The SMILES string of the molecule is Cc1ccc(C)c(CN(C)C(C)CBr)c1. The van der Waals surface area contributed by atoms with Crippen molar-refractivity contribution in [2.75, 3.05) is 12.4 Å². The molecule has 0 spiro atoms. The maximum atomic E-state index is 3.52. The zero-order valence-electron chi connectivity index (χ0n) is 10.0. The highest BCUT2D eigenvalue weighted by Gasteiger charge is 2.09. The summed E-state index contributed by atoms with van der Waals surface area (Å²) >= 11 is 3.52. The second-order valence-corrected chi connectivity index (χ2v) is 5.00. The lowest BCUT2D eigenvalue weighted by Gasteiger charge is -2.23. The fourth-order valence-electron chi connectivity index (χ4n) is 1.51. The minimum Gasteiger partial charge on any atom is -0.299 e. The molecule has 0 aliphatic heterocycles. The van der Waals surface area contributed by atoms with Crippen molar-refractivity contribution in [3.63, 3.8) is 0 Å². The Morgan fingerprint density at radius 3 is 2.60 bits per heavy atom. The summed E-state index contributed by atoms with van der Waals surface area (Å²) in [5, 5.41) is 1.02. The molecule has 1 unspecified atom stereocenters. The highest BCUT2D eigenvalue weighted by atomic mass is 79.9. The number of halogens is 1. The lowest BCUT2D eigenvalue weighted by atomic mass is 10.1. The second kappa shape index (κ2) is 5.66. The van der Waals surface area contributed by atoms with Gasteiger partial charge < -0.3 is 0 Å². The van der Waals surface area contributed by atoms with Crippen LogP contribution in [0.5, 0.6) is 0 Å². The molecular formula is C13H20BrN. The van der Waals surface area contributed by atoms with Gasteiger partial charge in [-0.05, 0) is 38.9 Å². The van der Waals surface area contributed by atoms with E-state index >= 15 is 0 Å². The van der Waals surface area contributed by atoms with Crippen LogP contribution in [0.3, 0.4) is 0 Å². The number of nitrogens with zero attached hydrogens (tertiary/aromatic N) is 1. The molecule has 1 nitrogen and oxygen atoms in total. The monoisotopic (exact) mass is 269 g/mol. The van der Waals surface area contributed by atoms with Crippen LogP contribution >= 0.6 is 15.9 Å². The number of benzene rings is 1. The highest BCUT2D eigenvalue weighted by Crippen LogP contribution is 2.14. The van der Waals surface area contributed by atoms with Gasteiger partial charge in [-0.3, -0.25) is 4.90 Å². The van der Waals surface area contributed by atoms with E-state index < -0.39 is 0 Å². The van der Waals surface area contributed by atoms with E-state index in [0.717, 1.165) is 11.9 Å². The zero-order chi connectivity index (χ0) is 11.4. The molecule has 0 saturated heterocycles. The Hall–Kier alpha value is -0.340. The number of aryl methyl sites for hydroxylation is 2. The Kier molecular flexibility index (Phi) is 4.81. The summed E-state index contributed by atoms with van der Waals surface area (Å²) in [6.45, 7) is 7.60. The van der Waals surface area contributed by atoms with E-state index in [1.54, 1.807) is 0 Å². The molecule has 0 aliphatic rings. The quantitative estimate of drug-likeness (QED) is 0.757. The van der Waals surface area contributed by atoms with Crippen LogP contribution < -0.4 is 0 Å². The first-order valence-electron chi connectivity index (χ1n) is 5.37. The molecule has 0 bridgehead atoms. The van der Waals surface area contributed by atoms with Crippen LogP contribution in [0.15, 0.2) is 18.2 Å². The molecule has 0 amide bonds. The lowest BCUT2D eigenvalue weighted by Crippen LogP contribution is -2.29. The average molecular weight is 270 g/mol. The van der Waals surface area contributed by atoms with E-state index in [9.17, 15) is 0 Å². The van der Waals surface area contributed by atoms with E-state index in [2.05, 4.69) is 66.8 Å². The molecule has 0 heterocycles. The Labute approximate surface area is 102 Å². The minimum absolute atomic E-state index is 0.574. The maximum absolute atomic E-state index is 3.52. The van der Waals surface area contributed by atoms with Crippen molar-refractivity contribution < 1.29 is 0 Å². The molecule has 2 heteroatoms. The molecule has 1 atom stereocenters. The molecule has 0 radical (unpaired) electrons. The predicted octanol–water partition coefficient (Wildman–Crippen LogP) is 3.52. The standard InChI is InChI=1S/C13H20BrN/c1-10-5-6-11(2)13(7-10)9-15(4)12(3)8-14/h5-7,12H,8-9H2,1-4H3. The number of alkyl halides is 1. The van der Waals surface area contributed by atoms with Crippen LogP contribution in [-0.2, 0) is 6.54 Å².